The van der Waals surface area contributed by atoms with Crippen molar-refractivity contribution in [1.82, 2.24) is 4.90 Å². The van der Waals surface area contributed by atoms with Gasteiger partial charge in [0.05, 0.1) is 12.0 Å². The van der Waals surface area contributed by atoms with Crippen LogP contribution in [0, 0.1) is 13.8 Å². The van der Waals surface area contributed by atoms with Gasteiger partial charge in [-0.25, -0.2) is 0 Å². The molecular formula is C22H22N2O3S2. The number of hydrogen-bond acceptors (Lipinski definition) is 5. The molecule has 1 saturated heterocycles. The molecule has 0 radical (unpaired) electrons. The lowest BCUT2D eigenvalue weighted by Crippen LogP contribution is -2.31. The number of nitrogens with zero attached hydrogens (tertiary/aromatic N) is 1. The van der Waals surface area contributed by atoms with E-state index in [0.29, 0.717) is 9.23 Å². The normalized spacial score (nSPS) is 15.1. The first-order chi connectivity index (χ1) is 13.9. The zero-order valence-electron chi connectivity index (χ0n) is 16.5. The molecule has 2 aromatic carbocycles. The molecule has 0 aromatic heterocycles. The molecule has 1 heterocycles. The highest BCUT2D eigenvalue weighted by molar-refractivity contribution is 8.26. The van der Waals surface area contributed by atoms with Crippen LogP contribution >= 0.6 is 24.0 Å². The van der Waals surface area contributed by atoms with Crippen molar-refractivity contribution >= 4 is 51.9 Å². The third-order valence-electron chi connectivity index (χ3n) is 4.51. The molecule has 0 unspecified atom stereocenters. The molecule has 2 amide bonds. The minimum Gasteiger partial charge on any atom is -0.497 e. The van der Waals surface area contributed by atoms with Crippen LogP contribution in [0.15, 0.2) is 47.4 Å². The Labute approximate surface area is 180 Å². The average Bonchev–Trinajstić information content (AvgIpc) is 2.96. The van der Waals surface area contributed by atoms with Gasteiger partial charge < -0.3 is 10.1 Å². The number of amides is 2. The fourth-order valence-corrected chi connectivity index (χ4v) is 4.23. The molecule has 1 N–H and O–H groups in total. The summed E-state index contributed by atoms with van der Waals surface area (Å²) in [7, 11) is 1.61. The van der Waals surface area contributed by atoms with Crippen molar-refractivity contribution in [2.24, 2.45) is 0 Å². The highest BCUT2D eigenvalue weighted by Gasteiger charge is 2.32. The lowest BCUT2D eigenvalue weighted by atomic mass is 10.1. The van der Waals surface area contributed by atoms with Gasteiger partial charge in [0, 0.05) is 18.7 Å². The molecule has 0 bridgehead atoms. The van der Waals surface area contributed by atoms with Crippen molar-refractivity contribution in [1.29, 1.82) is 0 Å². The third-order valence-corrected chi connectivity index (χ3v) is 5.88. The molecule has 1 aliphatic heterocycles. The van der Waals surface area contributed by atoms with Crippen LogP contribution in [-0.2, 0) is 9.59 Å². The van der Waals surface area contributed by atoms with Gasteiger partial charge in [-0.15, -0.1) is 0 Å². The zero-order valence-corrected chi connectivity index (χ0v) is 18.2. The molecule has 5 nitrogen and oxygen atoms in total. The molecule has 1 fully saturated rings. The number of rotatable bonds is 6. The minimum atomic E-state index is -0.171. The van der Waals surface area contributed by atoms with Gasteiger partial charge in [-0.1, -0.05) is 53.8 Å². The molecule has 0 saturated carbocycles. The molecule has 3 rings (SSSR count). The van der Waals surface area contributed by atoms with E-state index in [1.54, 1.807) is 13.2 Å². The quantitative estimate of drug-likeness (QED) is 0.543. The number of thioether (sulfide) groups is 1. The van der Waals surface area contributed by atoms with Crippen LogP contribution in [0.1, 0.15) is 23.1 Å². The SMILES string of the molecule is COc1ccc(/C=C2\SC(=S)N(CCC(=O)Nc3ccc(C)cc3C)C2=O)cc1. The number of methoxy groups -OCH3 is 1. The van der Waals surface area contributed by atoms with Gasteiger partial charge in [-0.05, 0) is 49.2 Å². The number of nitrogens with one attached hydrogen (secondary N) is 1. The maximum Gasteiger partial charge on any atom is 0.266 e. The van der Waals surface area contributed by atoms with E-state index in [4.69, 9.17) is 17.0 Å². The second-order valence-electron chi connectivity index (χ2n) is 6.72. The largest absolute Gasteiger partial charge is 0.497 e. The summed E-state index contributed by atoms with van der Waals surface area (Å²) in [5, 5.41) is 2.90. The summed E-state index contributed by atoms with van der Waals surface area (Å²) in [6.45, 7) is 4.21. The summed E-state index contributed by atoms with van der Waals surface area (Å²) in [4.78, 5) is 27.1. The van der Waals surface area contributed by atoms with Crippen molar-refractivity contribution < 1.29 is 14.3 Å². The van der Waals surface area contributed by atoms with Gasteiger partial charge in [-0.3, -0.25) is 14.5 Å². The molecule has 29 heavy (non-hydrogen) atoms. The topological polar surface area (TPSA) is 58.6 Å². The van der Waals surface area contributed by atoms with Gasteiger partial charge in [0.1, 0.15) is 10.1 Å². The number of thiocarbonyl (C=S) groups is 1. The standard InChI is InChI=1S/C22H22N2O3S2/c1-14-4-9-18(15(2)12-14)23-20(25)10-11-24-21(26)19(29-22(24)28)13-16-5-7-17(27-3)8-6-16/h4-9,12-13H,10-11H2,1-3H3,(H,23,25)/b19-13-. The Morgan fingerprint density at radius 2 is 1.93 bits per heavy atom. The summed E-state index contributed by atoms with van der Waals surface area (Å²) in [5.41, 5.74) is 3.82. The molecule has 1 aliphatic rings. The average molecular weight is 427 g/mol. The monoisotopic (exact) mass is 426 g/mol. The van der Waals surface area contributed by atoms with Gasteiger partial charge in [-0.2, -0.15) is 0 Å². The third kappa shape index (κ3) is 5.25. The van der Waals surface area contributed by atoms with Crippen molar-refractivity contribution in [3.63, 3.8) is 0 Å². The molecule has 0 spiro atoms. The molecule has 0 aliphatic carbocycles. The summed E-state index contributed by atoms with van der Waals surface area (Å²) in [6.07, 6.45) is 1.98. The van der Waals surface area contributed by atoms with Crippen molar-refractivity contribution in [3.05, 3.63) is 64.1 Å². The van der Waals surface area contributed by atoms with Crippen LogP contribution in [0.3, 0.4) is 0 Å². The number of aryl methyl sites for hydroxylation is 2. The van der Waals surface area contributed by atoms with E-state index in [2.05, 4.69) is 5.32 Å². The summed E-state index contributed by atoms with van der Waals surface area (Å²) >= 11 is 6.59. The van der Waals surface area contributed by atoms with Crippen molar-refractivity contribution in [2.75, 3.05) is 19.0 Å². The number of benzene rings is 2. The predicted molar refractivity (Wildman–Crippen MR) is 122 cm³/mol. The Hall–Kier alpha value is -2.64. The van der Waals surface area contributed by atoms with Crippen LogP contribution < -0.4 is 10.1 Å². The van der Waals surface area contributed by atoms with Crippen molar-refractivity contribution in [2.45, 2.75) is 20.3 Å². The second-order valence-corrected chi connectivity index (χ2v) is 8.40. The maximum atomic E-state index is 12.7. The molecule has 150 valence electrons. The Bertz CT molecular complexity index is 984. The van der Waals surface area contributed by atoms with Gasteiger partial charge >= 0.3 is 0 Å². The number of ether oxygens (including phenoxy) is 1. The zero-order chi connectivity index (χ0) is 21.0. The van der Waals surface area contributed by atoms with E-state index in [0.717, 1.165) is 28.1 Å². The Balaban J connectivity index is 1.60. The van der Waals surface area contributed by atoms with Crippen LogP contribution in [0.2, 0.25) is 0 Å². The van der Waals surface area contributed by atoms with Crippen LogP contribution in [0.4, 0.5) is 5.69 Å². The van der Waals surface area contributed by atoms with E-state index >= 15 is 0 Å². The Morgan fingerprint density at radius 1 is 1.21 bits per heavy atom. The van der Waals surface area contributed by atoms with E-state index in [1.165, 1.54) is 16.7 Å². The number of carbonyl (C=O) groups excluding carboxylic acids is 2. The Kier molecular flexibility index (Phi) is 6.71. The van der Waals surface area contributed by atoms with Gasteiger partial charge in [0.2, 0.25) is 5.91 Å². The fourth-order valence-electron chi connectivity index (χ4n) is 2.92. The lowest BCUT2D eigenvalue weighted by molar-refractivity contribution is -0.122. The second kappa shape index (κ2) is 9.24. The van der Waals surface area contributed by atoms with Gasteiger partial charge in [0.25, 0.3) is 5.91 Å². The first-order valence-corrected chi connectivity index (χ1v) is 10.4. The smallest absolute Gasteiger partial charge is 0.266 e. The van der Waals surface area contributed by atoms with Crippen LogP contribution in [0.5, 0.6) is 5.75 Å². The van der Waals surface area contributed by atoms with Crippen LogP contribution in [0.25, 0.3) is 6.08 Å². The summed E-state index contributed by atoms with van der Waals surface area (Å²) < 4.78 is 5.61. The minimum absolute atomic E-state index is 0.148. The first-order valence-electron chi connectivity index (χ1n) is 9.14. The number of hydrogen-bond donors (Lipinski definition) is 1. The summed E-state index contributed by atoms with van der Waals surface area (Å²) in [6, 6.07) is 13.3. The van der Waals surface area contributed by atoms with Crippen LogP contribution in [-0.4, -0.2) is 34.7 Å². The van der Waals surface area contributed by atoms with E-state index < -0.39 is 0 Å². The fraction of sp³-hybridized carbons (Fsp3) is 0.227. The molecule has 2 aromatic rings. The summed E-state index contributed by atoms with van der Waals surface area (Å²) in [5.74, 6) is 0.435. The van der Waals surface area contributed by atoms with E-state index in [9.17, 15) is 9.59 Å². The van der Waals surface area contributed by atoms with Crippen molar-refractivity contribution in [3.8, 4) is 5.75 Å². The predicted octanol–water partition coefficient (Wildman–Crippen LogP) is 4.54. The highest BCUT2D eigenvalue weighted by atomic mass is 32.2. The molecule has 7 heteroatoms. The molecule has 0 atom stereocenters. The maximum absolute atomic E-state index is 12.7. The highest BCUT2D eigenvalue weighted by Crippen LogP contribution is 2.33. The lowest BCUT2D eigenvalue weighted by Gasteiger charge is -2.15. The van der Waals surface area contributed by atoms with E-state index in [-0.39, 0.29) is 24.8 Å². The van der Waals surface area contributed by atoms with E-state index in [1.807, 2.05) is 56.3 Å². The number of anilines is 1. The molecular weight excluding hydrogens is 404 g/mol. The van der Waals surface area contributed by atoms with Gasteiger partial charge in [0.15, 0.2) is 0 Å². The Morgan fingerprint density at radius 3 is 2.59 bits per heavy atom. The number of carbonyl (C=O) groups is 2. The first kappa shape index (κ1) is 21.1.